The lowest BCUT2D eigenvalue weighted by Crippen LogP contribution is -2.31. The van der Waals surface area contributed by atoms with Crippen molar-refractivity contribution in [2.75, 3.05) is 34.8 Å². The highest BCUT2D eigenvalue weighted by atomic mass is 32.1. The molecule has 1 unspecified atom stereocenters. The molecule has 1 amide bonds. The molecule has 31 heavy (non-hydrogen) atoms. The van der Waals surface area contributed by atoms with Crippen molar-refractivity contribution in [3.63, 3.8) is 0 Å². The number of aryl methyl sites for hydroxylation is 1. The Balaban J connectivity index is 1.34. The van der Waals surface area contributed by atoms with E-state index in [1.54, 1.807) is 0 Å². The van der Waals surface area contributed by atoms with Crippen LogP contribution < -0.4 is 20.4 Å². The minimum absolute atomic E-state index is 0.109. The number of hydrogen-bond acceptors (Lipinski definition) is 3. The number of carbonyl (C=O) groups excluding carboxylic acids is 1. The molecule has 2 heterocycles. The Morgan fingerprint density at radius 1 is 1.00 bits per heavy atom. The average Bonchev–Trinajstić information content (AvgIpc) is 3.20. The van der Waals surface area contributed by atoms with Gasteiger partial charge >= 0.3 is 0 Å². The van der Waals surface area contributed by atoms with Crippen LogP contribution in [0.5, 0.6) is 0 Å². The highest BCUT2D eigenvalue weighted by Gasteiger charge is 2.23. The van der Waals surface area contributed by atoms with Gasteiger partial charge in [0, 0.05) is 43.1 Å². The second-order valence-electron chi connectivity index (χ2n) is 8.61. The molecule has 2 fully saturated rings. The first-order valence-electron chi connectivity index (χ1n) is 11.3. The minimum atomic E-state index is 0.109. The Hall–Kier alpha value is -2.60. The van der Waals surface area contributed by atoms with Gasteiger partial charge in [-0.3, -0.25) is 4.79 Å². The van der Waals surface area contributed by atoms with Gasteiger partial charge in [-0.25, -0.2) is 0 Å². The molecule has 1 atom stereocenters. The van der Waals surface area contributed by atoms with Crippen molar-refractivity contribution in [3.8, 4) is 0 Å². The number of thiocarbonyl (C=S) groups is 1. The third-order valence-electron chi connectivity index (χ3n) is 6.28. The number of nitrogens with zero attached hydrogens (tertiary/aromatic N) is 2. The van der Waals surface area contributed by atoms with E-state index in [0.29, 0.717) is 11.5 Å². The van der Waals surface area contributed by atoms with Crippen molar-refractivity contribution in [2.24, 2.45) is 0 Å². The molecule has 2 aliphatic heterocycles. The SMILES string of the molecule is Cc1cc(NC(=S)NC(C)c2ccc(N3CCCCC3)cc2)ccc1N1CCCC1=O. The van der Waals surface area contributed by atoms with Crippen LogP contribution in [0.15, 0.2) is 42.5 Å². The molecule has 0 aliphatic carbocycles. The second kappa shape index (κ2) is 9.69. The van der Waals surface area contributed by atoms with Gasteiger partial charge in [-0.15, -0.1) is 0 Å². The number of anilines is 3. The molecular weight excluding hydrogens is 404 g/mol. The molecule has 2 saturated heterocycles. The molecule has 0 saturated carbocycles. The predicted octanol–water partition coefficient (Wildman–Crippen LogP) is 5.16. The van der Waals surface area contributed by atoms with Crippen molar-refractivity contribution in [3.05, 3.63) is 53.6 Å². The lowest BCUT2D eigenvalue weighted by molar-refractivity contribution is -0.117. The van der Waals surface area contributed by atoms with Crippen molar-refractivity contribution < 1.29 is 4.79 Å². The number of benzene rings is 2. The summed E-state index contributed by atoms with van der Waals surface area (Å²) in [5.74, 6) is 0.209. The van der Waals surface area contributed by atoms with E-state index in [4.69, 9.17) is 12.2 Å². The molecule has 4 rings (SSSR count). The maximum Gasteiger partial charge on any atom is 0.227 e. The van der Waals surface area contributed by atoms with Crippen molar-refractivity contribution in [2.45, 2.75) is 52.0 Å². The first-order valence-corrected chi connectivity index (χ1v) is 11.8. The lowest BCUT2D eigenvalue weighted by Gasteiger charge is -2.29. The molecular formula is C25H32N4OS. The largest absolute Gasteiger partial charge is 0.372 e. The van der Waals surface area contributed by atoms with E-state index in [1.165, 1.54) is 30.5 Å². The van der Waals surface area contributed by atoms with E-state index in [0.717, 1.165) is 43.0 Å². The fraction of sp³-hybridized carbons (Fsp3) is 0.440. The van der Waals surface area contributed by atoms with Crippen LogP contribution in [0.25, 0.3) is 0 Å². The van der Waals surface area contributed by atoms with E-state index < -0.39 is 0 Å². The quantitative estimate of drug-likeness (QED) is 0.634. The molecule has 0 radical (unpaired) electrons. The number of nitrogens with one attached hydrogen (secondary N) is 2. The topological polar surface area (TPSA) is 47.6 Å². The van der Waals surface area contributed by atoms with Crippen LogP contribution in [-0.2, 0) is 4.79 Å². The molecule has 0 spiro atoms. The minimum Gasteiger partial charge on any atom is -0.372 e. The van der Waals surface area contributed by atoms with Gasteiger partial charge in [0.2, 0.25) is 5.91 Å². The number of amides is 1. The Morgan fingerprint density at radius 3 is 2.39 bits per heavy atom. The van der Waals surface area contributed by atoms with Crippen LogP contribution in [0.3, 0.4) is 0 Å². The highest BCUT2D eigenvalue weighted by molar-refractivity contribution is 7.80. The first-order chi connectivity index (χ1) is 15.0. The third kappa shape index (κ3) is 5.18. The third-order valence-corrected chi connectivity index (χ3v) is 6.50. The van der Waals surface area contributed by atoms with Crippen LogP contribution in [0, 0.1) is 6.92 Å². The summed E-state index contributed by atoms with van der Waals surface area (Å²) in [4.78, 5) is 16.4. The van der Waals surface area contributed by atoms with Crippen molar-refractivity contribution >= 4 is 40.3 Å². The summed E-state index contributed by atoms with van der Waals surface area (Å²) in [6, 6.07) is 15.0. The summed E-state index contributed by atoms with van der Waals surface area (Å²) >= 11 is 5.55. The van der Waals surface area contributed by atoms with Gasteiger partial charge < -0.3 is 20.4 Å². The molecule has 0 aromatic heterocycles. The molecule has 5 nitrogen and oxygen atoms in total. The molecule has 2 aliphatic rings. The fourth-order valence-corrected chi connectivity index (χ4v) is 4.81. The average molecular weight is 437 g/mol. The molecule has 6 heteroatoms. The number of piperidine rings is 1. The van der Waals surface area contributed by atoms with Gasteiger partial charge in [0.15, 0.2) is 5.11 Å². The molecule has 0 bridgehead atoms. The van der Waals surface area contributed by atoms with Gasteiger partial charge in [-0.2, -0.15) is 0 Å². The molecule has 2 N–H and O–H groups in total. The standard InChI is InChI=1S/C25H32N4OS/c1-18-17-21(10-13-23(18)29-16-6-7-24(29)30)27-25(31)26-19(2)20-8-11-22(12-9-20)28-14-4-3-5-15-28/h8-13,17,19H,3-7,14-16H2,1-2H3,(H2,26,27,31). The van der Waals surface area contributed by atoms with E-state index in [1.807, 2.05) is 30.0 Å². The Morgan fingerprint density at radius 2 is 1.74 bits per heavy atom. The summed E-state index contributed by atoms with van der Waals surface area (Å²) in [6.07, 6.45) is 5.50. The van der Waals surface area contributed by atoms with Crippen molar-refractivity contribution in [1.82, 2.24) is 5.32 Å². The Bertz CT molecular complexity index is 937. The zero-order chi connectivity index (χ0) is 21.8. The van der Waals surface area contributed by atoms with Gasteiger partial charge in [0.25, 0.3) is 0 Å². The number of carbonyl (C=O) groups is 1. The fourth-order valence-electron chi connectivity index (χ4n) is 4.51. The van der Waals surface area contributed by atoms with Crippen LogP contribution in [0.2, 0.25) is 0 Å². The number of rotatable bonds is 5. The summed E-state index contributed by atoms with van der Waals surface area (Å²) in [6.45, 7) is 7.28. The van der Waals surface area contributed by atoms with Crippen LogP contribution in [-0.4, -0.2) is 30.7 Å². The van der Waals surface area contributed by atoms with Gasteiger partial charge in [-0.1, -0.05) is 12.1 Å². The lowest BCUT2D eigenvalue weighted by atomic mass is 10.1. The van der Waals surface area contributed by atoms with Crippen LogP contribution >= 0.6 is 12.2 Å². The van der Waals surface area contributed by atoms with E-state index in [2.05, 4.69) is 46.7 Å². The smallest absolute Gasteiger partial charge is 0.227 e. The van der Waals surface area contributed by atoms with Crippen LogP contribution in [0.4, 0.5) is 17.1 Å². The first kappa shape index (κ1) is 21.6. The Labute approximate surface area is 190 Å². The van der Waals surface area contributed by atoms with Gasteiger partial charge in [-0.05, 0) is 93.2 Å². The summed E-state index contributed by atoms with van der Waals surface area (Å²) in [5.41, 5.74) is 5.52. The zero-order valence-electron chi connectivity index (χ0n) is 18.5. The van der Waals surface area contributed by atoms with Gasteiger partial charge in [0.05, 0.1) is 6.04 Å². The number of hydrogen-bond donors (Lipinski definition) is 2. The van der Waals surface area contributed by atoms with E-state index in [9.17, 15) is 4.79 Å². The summed E-state index contributed by atoms with van der Waals surface area (Å²) in [7, 11) is 0. The van der Waals surface area contributed by atoms with Gasteiger partial charge in [0.1, 0.15) is 0 Å². The van der Waals surface area contributed by atoms with Crippen molar-refractivity contribution in [1.29, 1.82) is 0 Å². The molecule has 164 valence electrons. The normalized spacial score (nSPS) is 17.5. The highest BCUT2D eigenvalue weighted by Crippen LogP contribution is 2.28. The molecule has 2 aromatic rings. The molecule has 2 aromatic carbocycles. The monoisotopic (exact) mass is 436 g/mol. The summed E-state index contributed by atoms with van der Waals surface area (Å²) < 4.78 is 0. The maximum atomic E-state index is 12.0. The second-order valence-corrected chi connectivity index (χ2v) is 9.02. The zero-order valence-corrected chi connectivity index (χ0v) is 19.3. The van der Waals surface area contributed by atoms with E-state index >= 15 is 0 Å². The maximum absolute atomic E-state index is 12.0. The summed E-state index contributed by atoms with van der Waals surface area (Å²) in [5, 5.41) is 7.26. The van der Waals surface area contributed by atoms with Crippen LogP contribution in [0.1, 0.15) is 56.2 Å². The van der Waals surface area contributed by atoms with E-state index in [-0.39, 0.29) is 11.9 Å². The predicted molar refractivity (Wildman–Crippen MR) is 133 cm³/mol. The Kier molecular flexibility index (Phi) is 6.76.